The van der Waals surface area contributed by atoms with Crippen LogP contribution in [0, 0.1) is 0 Å². The maximum atomic E-state index is 8.78. The Kier molecular flexibility index (Phi) is 6.15. The Balaban J connectivity index is 2.14. The molecule has 0 amide bonds. The lowest BCUT2D eigenvalue weighted by Crippen LogP contribution is -2.30. The first-order valence-electron chi connectivity index (χ1n) is 5.84. The first kappa shape index (κ1) is 12.0. The standard InChI is InChI=1S/C11H23NO2/c13-9-2-1-7-12-8-3-5-11(12)6-4-10-14/h11,13-14H,1-10H2. The van der Waals surface area contributed by atoms with Gasteiger partial charge in [0.25, 0.3) is 0 Å². The van der Waals surface area contributed by atoms with E-state index in [0.717, 1.165) is 32.2 Å². The third kappa shape index (κ3) is 3.95. The molecule has 1 aliphatic rings. The molecule has 0 radical (unpaired) electrons. The summed E-state index contributed by atoms with van der Waals surface area (Å²) in [6, 6.07) is 0.695. The minimum atomic E-state index is 0.315. The maximum Gasteiger partial charge on any atom is 0.0431 e. The second-order valence-corrected chi connectivity index (χ2v) is 4.13. The summed E-state index contributed by atoms with van der Waals surface area (Å²) in [5.41, 5.74) is 0. The van der Waals surface area contributed by atoms with Gasteiger partial charge in [-0.1, -0.05) is 0 Å². The van der Waals surface area contributed by atoms with Gasteiger partial charge in [-0.05, 0) is 51.6 Å². The lowest BCUT2D eigenvalue weighted by Gasteiger charge is -2.23. The molecule has 3 heteroatoms. The van der Waals surface area contributed by atoms with Crippen LogP contribution in [0.5, 0.6) is 0 Å². The maximum absolute atomic E-state index is 8.78. The van der Waals surface area contributed by atoms with Gasteiger partial charge in [0.2, 0.25) is 0 Å². The fourth-order valence-electron chi connectivity index (χ4n) is 2.27. The number of rotatable bonds is 7. The van der Waals surface area contributed by atoms with Crippen molar-refractivity contribution in [1.29, 1.82) is 0 Å². The second-order valence-electron chi connectivity index (χ2n) is 4.13. The smallest absolute Gasteiger partial charge is 0.0431 e. The lowest BCUT2D eigenvalue weighted by atomic mass is 10.1. The van der Waals surface area contributed by atoms with Crippen molar-refractivity contribution >= 4 is 0 Å². The fourth-order valence-corrected chi connectivity index (χ4v) is 2.27. The highest BCUT2D eigenvalue weighted by molar-refractivity contribution is 4.78. The summed E-state index contributed by atoms with van der Waals surface area (Å²) >= 11 is 0. The van der Waals surface area contributed by atoms with Gasteiger partial charge in [0.05, 0.1) is 0 Å². The van der Waals surface area contributed by atoms with Crippen molar-refractivity contribution in [1.82, 2.24) is 4.90 Å². The summed E-state index contributed by atoms with van der Waals surface area (Å²) in [6.07, 6.45) is 6.68. The van der Waals surface area contributed by atoms with Crippen molar-refractivity contribution in [2.24, 2.45) is 0 Å². The van der Waals surface area contributed by atoms with Gasteiger partial charge in [-0.15, -0.1) is 0 Å². The van der Waals surface area contributed by atoms with Crippen LogP contribution in [0.2, 0.25) is 0 Å². The van der Waals surface area contributed by atoms with Crippen molar-refractivity contribution < 1.29 is 10.2 Å². The molecule has 0 spiro atoms. The lowest BCUT2D eigenvalue weighted by molar-refractivity contribution is 0.205. The Morgan fingerprint density at radius 1 is 1.07 bits per heavy atom. The largest absolute Gasteiger partial charge is 0.396 e. The quantitative estimate of drug-likeness (QED) is 0.604. The van der Waals surface area contributed by atoms with Gasteiger partial charge in [0, 0.05) is 19.3 Å². The normalized spacial score (nSPS) is 23.1. The van der Waals surface area contributed by atoms with Crippen LogP contribution in [0.3, 0.4) is 0 Å². The zero-order valence-corrected chi connectivity index (χ0v) is 8.99. The third-order valence-corrected chi connectivity index (χ3v) is 3.05. The predicted molar refractivity (Wildman–Crippen MR) is 57.2 cm³/mol. The first-order valence-corrected chi connectivity index (χ1v) is 5.84. The van der Waals surface area contributed by atoms with Crippen molar-refractivity contribution in [3.05, 3.63) is 0 Å². The van der Waals surface area contributed by atoms with Crippen LogP contribution in [0.15, 0.2) is 0 Å². The molecule has 1 saturated heterocycles. The van der Waals surface area contributed by atoms with Gasteiger partial charge in [-0.3, -0.25) is 0 Å². The molecule has 1 aliphatic heterocycles. The van der Waals surface area contributed by atoms with Crippen LogP contribution in [-0.4, -0.2) is 47.5 Å². The summed E-state index contributed by atoms with van der Waals surface area (Å²) < 4.78 is 0. The average Bonchev–Trinajstić information content (AvgIpc) is 2.63. The van der Waals surface area contributed by atoms with Crippen molar-refractivity contribution in [3.8, 4) is 0 Å². The number of hydrogen-bond acceptors (Lipinski definition) is 3. The summed E-state index contributed by atoms with van der Waals surface area (Å²) in [4.78, 5) is 2.52. The first-order chi connectivity index (χ1) is 6.88. The van der Waals surface area contributed by atoms with Crippen molar-refractivity contribution in [3.63, 3.8) is 0 Å². The van der Waals surface area contributed by atoms with Crippen LogP contribution >= 0.6 is 0 Å². The second kappa shape index (κ2) is 7.21. The molecule has 0 bridgehead atoms. The summed E-state index contributed by atoms with van der Waals surface area (Å²) in [7, 11) is 0. The highest BCUT2D eigenvalue weighted by Crippen LogP contribution is 2.21. The van der Waals surface area contributed by atoms with E-state index in [1.807, 2.05) is 0 Å². The zero-order chi connectivity index (χ0) is 10.2. The van der Waals surface area contributed by atoms with Crippen LogP contribution in [-0.2, 0) is 0 Å². The molecule has 0 aromatic rings. The Morgan fingerprint density at radius 2 is 1.86 bits per heavy atom. The third-order valence-electron chi connectivity index (χ3n) is 3.05. The molecule has 1 rings (SSSR count). The van der Waals surface area contributed by atoms with E-state index < -0.39 is 0 Å². The minimum absolute atomic E-state index is 0.315. The van der Waals surface area contributed by atoms with Crippen LogP contribution in [0.4, 0.5) is 0 Å². The molecule has 1 atom stereocenters. The molecular weight excluding hydrogens is 178 g/mol. The van der Waals surface area contributed by atoms with E-state index in [4.69, 9.17) is 10.2 Å². The predicted octanol–water partition coefficient (Wildman–Crippen LogP) is 0.996. The van der Waals surface area contributed by atoms with Crippen LogP contribution in [0.25, 0.3) is 0 Å². The molecule has 3 nitrogen and oxygen atoms in total. The molecule has 0 saturated carbocycles. The summed E-state index contributed by atoms with van der Waals surface area (Å²) in [6.45, 7) is 2.97. The molecule has 0 aliphatic carbocycles. The fraction of sp³-hybridized carbons (Fsp3) is 1.00. The molecule has 1 heterocycles. The summed E-state index contributed by atoms with van der Waals surface area (Å²) in [5.74, 6) is 0. The van der Waals surface area contributed by atoms with Gasteiger partial charge in [-0.2, -0.15) is 0 Å². The molecule has 0 aromatic carbocycles. The number of hydrogen-bond donors (Lipinski definition) is 2. The Labute approximate surface area is 86.7 Å². The van der Waals surface area contributed by atoms with Gasteiger partial charge in [0.15, 0.2) is 0 Å². The van der Waals surface area contributed by atoms with E-state index in [0.29, 0.717) is 19.3 Å². The van der Waals surface area contributed by atoms with E-state index in [2.05, 4.69) is 4.90 Å². The van der Waals surface area contributed by atoms with Crippen molar-refractivity contribution in [2.45, 2.75) is 44.6 Å². The minimum Gasteiger partial charge on any atom is -0.396 e. The van der Waals surface area contributed by atoms with Gasteiger partial charge < -0.3 is 15.1 Å². The van der Waals surface area contributed by atoms with Gasteiger partial charge in [-0.25, -0.2) is 0 Å². The van der Waals surface area contributed by atoms with Crippen LogP contribution in [0.1, 0.15) is 38.5 Å². The van der Waals surface area contributed by atoms with E-state index in [1.54, 1.807) is 0 Å². The van der Waals surface area contributed by atoms with Gasteiger partial charge >= 0.3 is 0 Å². The number of likely N-dealkylation sites (tertiary alicyclic amines) is 1. The molecular formula is C11H23NO2. The van der Waals surface area contributed by atoms with E-state index in [-0.39, 0.29) is 0 Å². The number of nitrogens with zero attached hydrogens (tertiary/aromatic N) is 1. The van der Waals surface area contributed by atoms with Crippen LogP contribution < -0.4 is 0 Å². The number of unbranched alkanes of at least 4 members (excludes halogenated alkanes) is 1. The zero-order valence-electron chi connectivity index (χ0n) is 8.99. The van der Waals surface area contributed by atoms with E-state index in [1.165, 1.54) is 19.4 Å². The van der Waals surface area contributed by atoms with E-state index in [9.17, 15) is 0 Å². The molecule has 14 heavy (non-hydrogen) atoms. The summed E-state index contributed by atoms with van der Waals surface area (Å²) in [5, 5.41) is 17.5. The molecule has 84 valence electrons. The Bertz CT molecular complexity index is 141. The molecule has 0 aromatic heterocycles. The molecule has 1 unspecified atom stereocenters. The topological polar surface area (TPSA) is 43.7 Å². The number of aliphatic hydroxyl groups is 2. The van der Waals surface area contributed by atoms with Gasteiger partial charge in [0.1, 0.15) is 0 Å². The monoisotopic (exact) mass is 201 g/mol. The Morgan fingerprint density at radius 3 is 2.57 bits per heavy atom. The highest BCUT2D eigenvalue weighted by Gasteiger charge is 2.22. The SMILES string of the molecule is OCCCCN1CCCC1CCCO. The average molecular weight is 201 g/mol. The van der Waals surface area contributed by atoms with E-state index >= 15 is 0 Å². The van der Waals surface area contributed by atoms with Crippen molar-refractivity contribution in [2.75, 3.05) is 26.3 Å². The molecule has 2 N–H and O–H groups in total. The Hall–Kier alpha value is -0.120. The molecule has 1 fully saturated rings. The number of aliphatic hydroxyl groups excluding tert-OH is 2. The highest BCUT2D eigenvalue weighted by atomic mass is 16.3.